The number of aromatic carboxylic acids is 1. The molecule has 0 saturated heterocycles. The number of hydrogen-bond donors (Lipinski definition) is 2. The first-order valence-corrected chi connectivity index (χ1v) is 6.38. The number of anilines is 1. The SMILES string of the molecule is O=C(O)c1ccc(S(=O)(=O)Nc2ccccc2)o1. The molecule has 0 amide bonds. The normalized spacial score (nSPS) is 11.1. The molecule has 0 spiro atoms. The Bertz CT molecular complexity index is 660. The summed E-state index contributed by atoms with van der Waals surface area (Å²) in [5.41, 5.74) is 0.366. The number of carbonyl (C=O) groups is 1. The van der Waals surface area contributed by atoms with Gasteiger partial charge in [0.1, 0.15) is 0 Å². The van der Waals surface area contributed by atoms with Crippen molar-refractivity contribution in [3.8, 4) is 0 Å². The molecule has 0 fully saturated rings. The van der Waals surface area contributed by atoms with E-state index in [2.05, 4.69) is 4.72 Å². The van der Waals surface area contributed by atoms with Gasteiger partial charge in [-0.15, -0.1) is 0 Å². The number of sulfonamides is 1. The Kier molecular flexibility index (Phi) is 3.07. The van der Waals surface area contributed by atoms with E-state index in [1.54, 1.807) is 30.3 Å². The van der Waals surface area contributed by atoms with E-state index in [0.29, 0.717) is 5.69 Å². The lowest BCUT2D eigenvalue weighted by molar-refractivity contribution is 0.0656. The zero-order valence-electron chi connectivity index (χ0n) is 9.03. The highest BCUT2D eigenvalue weighted by atomic mass is 32.2. The minimum absolute atomic E-state index is 0.366. The molecule has 2 rings (SSSR count). The van der Waals surface area contributed by atoms with Crippen LogP contribution in [-0.4, -0.2) is 19.5 Å². The van der Waals surface area contributed by atoms with Gasteiger partial charge in [0, 0.05) is 5.69 Å². The fourth-order valence-electron chi connectivity index (χ4n) is 1.29. The summed E-state index contributed by atoms with van der Waals surface area (Å²) in [4.78, 5) is 10.6. The zero-order chi connectivity index (χ0) is 13.2. The summed E-state index contributed by atoms with van der Waals surface area (Å²) < 4.78 is 30.7. The molecule has 6 nitrogen and oxygen atoms in total. The van der Waals surface area contributed by atoms with E-state index in [1.807, 2.05) is 0 Å². The molecule has 7 heteroatoms. The van der Waals surface area contributed by atoms with E-state index in [0.717, 1.165) is 12.1 Å². The third kappa shape index (κ3) is 2.51. The Morgan fingerprint density at radius 3 is 2.33 bits per heavy atom. The second-order valence-corrected chi connectivity index (χ2v) is 5.01. The lowest BCUT2D eigenvalue weighted by atomic mass is 10.3. The molecule has 18 heavy (non-hydrogen) atoms. The highest BCUT2D eigenvalue weighted by Crippen LogP contribution is 2.18. The maximum atomic E-state index is 11.8. The van der Waals surface area contributed by atoms with Gasteiger partial charge in [0.15, 0.2) is 0 Å². The van der Waals surface area contributed by atoms with Crippen LogP contribution < -0.4 is 4.72 Å². The van der Waals surface area contributed by atoms with E-state index >= 15 is 0 Å². The molecule has 1 heterocycles. The third-order valence-corrected chi connectivity index (χ3v) is 3.34. The summed E-state index contributed by atoms with van der Waals surface area (Å²) >= 11 is 0. The standard InChI is InChI=1S/C11H9NO5S/c13-11(14)9-6-7-10(17-9)18(15,16)12-8-4-2-1-3-5-8/h1-7,12H,(H,13,14). The molecule has 0 unspecified atom stereocenters. The molecule has 0 saturated carbocycles. The molecule has 0 aliphatic heterocycles. The van der Waals surface area contributed by atoms with Crippen molar-refractivity contribution in [3.05, 3.63) is 48.2 Å². The van der Waals surface area contributed by atoms with Crippen molar-refractivity contribution < 1.29 is 22.7 Å². The van der Waals surface area contributed by atoms with Crippen LogP contribution in [0.2, 0.25) is 0 Å². The topological polar surface area (TPSA) is 96.6 Å². The molecular weight excluding hydrogens is 258 g/mol. The summed E-state index contributed by atoms with van der Waals surface area (Å²) in [6.45, 7) is 0. The first-order chi connectivity index (χ1) is 8.49. The molecule has 2 aromatic rings. The molecule has 94 valence electrons. The molecule has 1 aromatic carbocycles. The maximum absolute atomic E-state index is 11.8. The first kappa shape index (κ1) is 12.2. The smallest absolute Gasteiger partial charge is 0.371 e. The molecule has 0 bridgehead atoms. The van der Waals surface area contributed by atoms with Crippen molar-refractivity contribution in [1.29, 1.82) is 0 Å². The van der Waals surface area contributed by atoms with Crippen molar-refractivity contribution in [2.45, 2.75) is 5.09 Å². The monoisotopic (exact) mass is 267 g/mol. The Hall–Kier alpha value is -2.28. The molecule has 0 atom stereocenters. The summed E-state index contributed by atoms with van der Waals surface area (Å²) in [6.07, 6.45) is 0. The van der Waals surface area contributed by atoms with Crippen LogP contribution in [0.1, 0.15) is 10.6 Å². The van der Waals surface area contributed by atoms with Gasteiger partial charge < -0.3 is 9.52 Å². The quantitative estimate of drug-likeness (QED) is 0.880. The van der Waals surface area contributed by atoms with Crippen molar-refractivity contribution in [2.75, 3.05) is 4.72 Å². The van der Waals surface area contributed by atoms with Crippen LogP contribution in [0.25, 0.3) is 0 Å². The lowest BCUT2D eigenvalue weighted by Gasteiger charge is -2.04. The zero-order valence-corrected chi connectivity index (χ0v) is 9.85. The van der Waals surface area contributed by atoms with E-state index in [-0.39, 0.29) is 0 Å². The highest BCUT2D eigenvalue weighted by molar-refractivity contribution is 7.92. The van der Waals surface area contributed by atoms with Gasteiger partial charge in [-0.05, 0) is 24.3 Å². The van der Waals surface area contributed by atoms with Gasteiger partial charge in [0.2, 0.25) is 10.9 Å². The summed E-state index contributed by atoms with van der Waals surface area (Å²) in [7, 11) is -3.91. The Balaban J connectivity index is 2.28. The summed E-state index contributed by atoms with van der Waals surface area (Å²) in [5.74, 6) is -1.75. The van der Waals surface area contributed by atoms with Crippen LogP contribution in [0, 0.1) is 0 Å². The number of hydrogen-bond acceptors (Lipinski definition) is 4. The Morgan fingerprint density at radius 2 is 1.78 bits per heavy atom. The Labute approximate surface area is 103 Å². The number of carboxylic acid groups (broad SMARTS) is 1. The molecule has 2 N–H and O–H groups in total. The molecular formula is C11H9NO5S. The highest BCUT2D eigenvalue weighted by Gasteiger charge is 2.20. The predicted octanol–water partition coefficient (Wildman–Crippen LogP) is 1.78. The van der Waals surface area contributed by atoms with E-state index in [1.165, 1.54) is 0 Å². The lowest BCUT2D eigenvalue weighted by Crippen LogP contribution is -2.12. The Morgan fingerprint density at radius 1 is 1.11 bits per heavy atom. The molecule has 0 aliphatic carbocycles. The van der Waals surface area contributed by atoms with Crippen molar-refractivity contribution >= 4 is 21.7 Å². The van der Waals surface area contributed by atoms with Crippen LogP contribution >= 0.6 is 0 Å². The van der Waals surface area contributed by atoms with Crippen LogP contribution in [0.15, 0.2) is 52.0 Å². The maximum Gasteiger partial charge on any atom is 0.371 e. The fourth-order valence-corrected chi connectivity index (χ4v) is 2.28. The van der Waals surface area contributed by atoms with E-state index < -0.39 is 26.8 Å². The number of carboxylic acids is 1. The summed E-state index contributed by atoms with van der Waals surface area (Å²) in [5, 5.41) is 8.20. The average molecular weight is 267 g/mol. The molecule has 0 radical (unpaired) electrons. The van der Waals surface area contributed by atoms with Gasteiger partial charge in [0.25, 0.3) is 10.0 Å². The minimum Gasteiger partial charge on any atom is -0.475 e. The van der Waals surface area contributed by atoms with E-state index in [4.69, 9.17) is 9.52 Å². The van der Waals surface area contributed by atoms with Crippen LogP contribution in [0.3, 0.4) is 0 Å². The van der Waals surface area contributed by atoms with Gasteiger partial charge in [-0.3, -0.25) is 4.72 Å². The van der Waals surface area contributed by atoms with Gasteiger partial charge in [-0.25, -0.2) is 4.79 Å². The van der Waals surface area contributed by atoms with Gasteiger partial charge in [-0.2, -0.15) is 8.42 Å². The fraction of sp³-hybridized carbons (Fsp3) is 0. The van der Waals surface area contributed by atoms with Crippen LogP contribution in [0.5, 0.6) is 0 Å². The summed E-state index contributed by atoms with van der Waals surface area (Å²) in [6, 6.07) is 10.4. The minimum atomic E-state index is -3.91. The van der Waals surface area contributed by atoms with Gasteiger partial charge >= 0.3 is 5.97 Å². The number of nitrogens with one attached hydrogen (secondary N) is 1. The second kappa shape index (κ2) is 4.53. The molecule has 0 aliphatic rings. The number of rotatable bonds is 4. The third-order valence-electron chi connectivity index (χ3n) is 2.08. The van der Waals surface area contributed by atoms with Crippen molar-refractivity contribution in [2.24, 2.45) is 0 Å². The van der Waals surface area contributed by atoms with E-state index in [9.17, 15) is 13.2 Å². The van der Waals surface area contributed by atoms with Crippen LogP contribution in [-0.2, 0) is 10.0 Å². The number of furan rings is 1. The van der Waals surface area contributed by atoms with Crippen molar-refractivity contribution in [3.63, 3.8) is 0 Å². The van der Waals surface area contributed by atoms with Gasteiger partial charge in [-0.1, -0.05) is 18.2 Å². The predicted molar refractivity (Wildman–Crippen MR) is 62.9 cm³/mol. The largest absolute Gasteiger partial charge is 0.475 e. The van der Waals surface area contributed by atoms with Gasteiger partial charge in [0.05, 0.1) is 0 Å². The molecule has 1 aromatic heterocycles. The van der Waals surface area contributed by atoms with Crippen LogP contribution in [0.4, 0.5) is 5.69 Å². The van der Waals surface area contributed by atoms with Crippen molar-refractivity contribution in [1.82, 2.24) is 0 Å². The first-order valence-electron chi connectivity index (χ1n) is 4.90. The average Bonchev–Trinajstić information content (AvgIpc) is 2.79. The second-order valence-electron chi connectivity index (χ2n) is 3.40. The number of para-hydroxylation sites is 1. The number of benzene rings is 1.